The van der Waals surface area contributed by atoms with Crippen LogP contribution in [0.4, 0.5) is 0 Å². The van der Waals surface area contributed by atoms with Crippen molar-refractivity contribution < 1.29 is 13.5 Å². The summed E-state index contributed by atoms with van der Waals surface area (Å²) in [6, 6.07) is 1.26. The van der Waals surface area contributed by atoms with Gasteiger partial charge in [-0.15, -0.1) is 0 Å². The predicted octanol–water partition coefficient (Wildman–Crippen LogP) is 0.0439. The van der Waals surface area contributed by atoms with Gasteiger partial charge in [-0.1, -0.05) is 11.8 Å². The number of rotatable bonds is 6. The normalized spacial score (nSPS) is 12.8. The van der Waals surface area contributed by atoms with Gasteiger partial charge in [0.05, 0.1) is 6.61 Å². The highest BCUT2D eigenvalue weighted by Gasteiger charge is 2.18. The van der Waals surface area contributed by atoms with Crippen molar-refractivity contribution in [2.45, 2.75) is 24.3 Å². The molecule has 0 amide bonds. The molecule has 116 valence electrons. The van der Waals surface area contributed by atoms with Crippen LogP contribution in [0.25, 0.3) is 0 Å². The van der Waals surface area contributed by atoms with E-state index in [1.807, 2.05) is 19.0 Å². The lowest BCUT2D eigenvalue weighted by molar-refractivity contribution is 0.305. The standard InChI is InChI=1S/C14H21N3O3S/c1-12(11-17(2)3)16-21(19,20)14-8-13(9-15-10-14)6-4-5-7-18/h8-10,12,16,18H,5,7,11H2,1-3H3. The molecule has 21 heavy (non-hydrogen) atoms. The van der Waals surface area contributed by atoms with Crippen molar-refractivity contribution in [1.82, 2.24) is 14.6 Å². The molecule has 0 spiro atoms. The molecule has 0 radical (unpaired) electrons. The van der Waals surface area contributed by atoms with Crippen LogP contribution in [0.1, 0.15) is 18.9 Å². The number of likely N-dealkylation sites (N-methyl/N-ethyl adjacent to an activating group) is 1. The first-order valence-electron chi connectivity index (χ1n) is 6.57. The van der Waals surface area contributed by atoms with E-state index in [9.17, 15) is 8.42 Å². The van der Waals surface area contributed by atoms with Gasteiger partial charge in [0.2, 0.25) is 10.0 Å². The number of aliphatic hydroxyl groups is 1. The van der Waals surface area contributed by atoms with Gasteiger partial charge in [-0.3, -0.25) is 4.98 Å². The second-order valence-electron chi connectivity index (χ2n) is 4.97. The van der Waals surface area contributed by atoms with E-state index in [4.69, 9.17) is 5.11 Å². The highest BCUT2D eigenvalue weighted by molar-refractivity contribution is 7.89. The molecular formula is C14H21N3O3S. The summed E-state index contributed by atoms with van der Waals surface area (Å²) in [7, 11) is 0.143. The van der Waals surface area contributed by atoms with Gasteiger partial charge in [-0.05, 0) is 27.1 Å². The van der Waals surface area contributed by atoms with Crippen LogP contribution in [-0.2, 0) is 10.0 Å². The fourth-order valence-corrected chi connectivity index (χ4v) is 2.99. The number of hydrogen-bond acceptors (Lipinski definition) is 5. The van der Waals surface area contributed by atoms with E-state index in [1.54, 1.807) is 6.92 Å². The zero-order valence-electron chi connectivity index (χ0n) is 12.5. The van der Waals surface area contributed by atoms with Gasteiger partial charge in [-0.2, -0.15) is 0 Å². The Morgan fingerprint density at radius 2 is 2.14 bits per heavy atom. The highest BCUT2D eigenvalue weighted by atomic mass is 32.2. The van der Waals surface area contributed by atoms with Crippen LogP contribution in [0.5, 0.6) is 0 Å². The van der Waals surface area contributed by atoms with E-state index in [-0.39, 0.29) is 17.5 Å². The van der Waals surface area contributed by atoms with Crippen molar-refractivity contribution in [3.05, 3.63) is 24.0 Å². The van der Waals surface area contributed by atoms with E-state index in [1.165, 1.54) is 18.5 Å². The largest absolute Gasteiger partial charge is 0.395 e. The molecule has 7 heteroatoms. The summed E-state index contributed by atoms with van der Waals surface area (Å²) in [4.78, 5) is 5.90. The number of aliphatic hydroxyl groups excluding tert-OH is 1. The number of nitrogens with zero attached hydrogens (tertiary/aromatic N) is 2. The molecule has 6 nitrogen and oxygen atoms in total. The Kier molecular flexibility index (Phi) is 6.78. The van der Waals surface area contributed by atoms with Crippen LogP contribution >= 0.6 is 0 Å². The quantitative estimate of drug-likeness (QED) is 0.725. The van der Waals surface area contributed by atoms with Crippen LogP contribution in [0.15, 0.2) is 23.4 Å². The first-order chi connectivity index (χ1) is 9.85. The molecule has 0 saturated carbocycles. The molecule has 1 rings (SSSR count). The average molecular weight is 311 g/mol. The first-order valence-corrected chi connectivity index (χ1v) is 8.05. The number of hydrogen-bond donors (Lipinski definition) is 2. The number of pyridine rings is 1. The van der Waals surface area contributed by atoms with Gasteiger partial charge in [0.25, 0.3) is 0 Å². The topological polar surface area (TPSA) is 82.5 Å². The molecule has 0 aliphatic rings. The van der Waals surface area contributed by atoms with Gasteiger partial charge < -0.3 is 10.0 Å². The summed E-state index contributed by atoms with van der Waals surface area (Å²) >= 11 is 0. The molecule has 0 aliphatic carbocycles. The summed E-state index contributed by atoms with van der Waals surface area (Å²) in [5.41, 5.74) is 0.506. The Morgan fingerprint density at radius 3 is 2.76 bits per heavy atom. The third-order valence-corrected chi connectivity index (χ3v) is 4.04. The maximum atomic E-state index is 12.2. The average Bonchev–Trinajstić information content (AvgIpc) is 2.37. The molecule has 0 bridgehead atoms. The SMILES string of the molecule is CC(CN(C)C)NS(=O)(=O)c1cncc(C#CCCO)c1. The maximum Gasteiger partial charge on any atom is 0.242 e. The Bertz CT molecular complexity index is 618. The fourth-order valence-electron chi connectivity index (χ4n) is 1.77. The molecule has 0 fully saturated rings. The predicted molar refractivity (Wildman–Crippen MR) is 81.2 cm³/mol. The first kappa shape index (κ1) is 17.6. The lowest BCUT2D eigenvalue weighted by Crippen LogP contribution is -2.39. The zero-order valence-corrected chi connectivity index (χ0v) is 13.3. The van der Waals surface area contributed by atoms with E-state index in [2.05, 4.69) is 21.5 Å². The summed E-state index contributed by atoms with van der Waals surface area (Å²) < 4.78 is 27.1. The molecule has 0 aliphatic heterocycles. The van der Waals surface area contributed by atoms with Gasteiger partial charge in [0, 0.05) is 37.0 Å². The number of aromatic nitrogens is 1. The summed E-state index contributed by atoms with van der Waals surface area (Å²) in [6.07, 6.45) is 3.13. The lowest BCUT2D eigenvalue weighted by Gasteiger charge is -2.18. The van der Waals surface area contributed by atoms with Crippen molar-refractivity contribution in [2.24, 2.45) is 0 Å². The van der Waals surface area contributed by atoms with E-state index in [0.717, 1.165) is 0 Å². The smallest absolute Gasteiger partial charge is 0.242 e. The second-order valence-corrected chi connectivity index (χ2v) is 6.68. The zero-order chi connectivity index (χ0) is 15.9. The highest BCUT2D eigenvalue weighted by Crippen LogP contribution is 2.09. The van der Waals surface area contributed by atoms with Gasteiger partial charge in [0.15, 0.2) is 0 Å². The molecular weight excluding hydrogens is 290 g/mol. The van der Waals surface area contributed by atoms with Crippen LogP contribution in [-0.4, -0.2) is 56.7 Å². The molecule has 1 atom stereocenters. The van der Waals surface area contributed by atoms with Crippen LogP contribution in [0.2, 0.25) is 0 Å². The Morgan fingerprint density at radius 1 is 1.43 bits per heavy atom. The summed E-state index contributed by atoms with van der Waals surface area (Å²) in [6.45, 7) is 2.38. The van der Waals surface area contributed by atoms with Crippen LogP contribution < -0.4 is 4.72 Å². The summed E-state index contributed by atoms with van der Waals surface area (Å²) in [5, 5.41) is 8.67. The second kappa shape index (κ2) is 8.10. The molecule has 0 aromatic carbocycles. The minimum absolute atomic E-state index is 0.0258. The van der Waals surface area contributed by atoms with Crippen molar-refractivity contribution in [2.75, 3.05) is 27.2 Å². The van der Waals surface area contributed by atoms with Crippen LogP contribution in [0, 0.1) is 11.8 Å². The molecule has 1 aromatic heterocycles. The molecule has 0 saturated heterocycles. The molecule has 2 N–H and O–H groups in total. The van der Waals surface area contributed by atoms with Crippen molar-refractivity contribution in [3.8, 4) is 11.8 Å². The molecule has 1 heterocycles. The van der Waals surface area contributed by atoms with Gasteiger partial charge in [0.1, 0.15) is 4.90 Å². The summed E-state index contributed by atoms with van der Waals surface area (Å²) in [5.74, 6) is 5.51. The van der Waals surface area contributed by atoms with E-state index >= 15 is 0 Å². The third kappa shape index (κ3) is 6.23. The van der Waals surface area contributed by atoms with Crippen molar-refractivity contribution >= 4 is 10.0 Å². The number of nitrogens with one attached hydrogen (secondary N) is 1. The van der Waals surface area contributed by atoms with Crippen molar-refractivity contribution in [3.63, 3.8) is 0 Å². The molecule has 1 unspecified atom stereocenters. The monoisotopic (exact) mass is 311 g/mol. The van der Waals surface area contributed by atoms with E-state index in [0.29, 0.717) is 18.5 Å². The van der Waals surface area contributed by atoms with Crippen molar-refractivity contribution in [1.29, 1.82) is 0 Å². The fraction of sp³-hybridized carbons (Fsp3) is 0.500. The lowest BCUT2D eigenvalue weighted by atomic mass is 10.3. The molecule has 1 aromatic rings. The Hall–Kier alpha value is -1.46. The van der Waals surface area contributed by atoms with Gasteiger partial charge >= 0.3 is 0 Å². The minimum Gasteiger partial charge on any atom is -0.395 e. The third-order valence-electron chi connectivity index (χ3n) is 2.49. The van der Waals surface area contributed by atoms with Gasteiger partial charge in [-0.25, -0.2) is 13.1 Å². The Balaban J connectivity index is 2.89. The van der Waals surface area contributed by atoms with E-state index < -0.39 is 10.0 Å². The van der Waals surface area contributed by atoms with Crippen LogP contribution in [0.3, 0.4) is 0 Å². The maximum absolute atomic E-state index is 12.2. The minimum atomic E-state index is -3.61. The number of sulfonamides is 1. The Labute approximate surface area is 126 Å².